The van der Waals surface area contributed by atoms with Gasteiger partial charge in [0.1, 0.15) is 0 Å². The van der Waals surface area contributed by atoms with Crippen LogP contribution in [0.25, 0.3) is 0 Å². The third kappa shape index (κ3) is 3.66. The summed E-state index contributed by atoms with van der Waals surface area (Å²) in [7, 11) is 0. The number of nitrogens with one attached hydrogen (secondary N) is 1. The first-order chi connectivity index (χ1) is 7.83. The Morgan fingerprint density at radius 3 is 2.88 bits per heavy atom. The number of thiophene rings is 1. The van der Waals surface area contributed by atoms with Crippen molar-refractivity contribution in [2.75, 3.05) is 6.54 Å². The molecule has 1 N–H and O–H groups in total. The highest BCUT2D eigenvalue weighted by Gasteiger charge is 2.14. The smallest absolute Gasteiger partial charge is 0.0528 e. The van der Waals surface area contributed by atoms with E-state index in [0.29, 0.717) is 6.04 Å². The van der Waals surface area contributed by atoms with Crippen molar-refractivity contribution in [2.45, 2.75) is 46.1 Å². The molecular weight excluding hydrogens is 214 g/mol. The molecule has 88 valence electrons. The van der Waals surface area contributed by atoms with E-state index in [9.17, 15) is 0 Å². The molecular formula is C14H21NS. The van der Waals surface area contributed by atoms with Crippen molar-refractivity contribution in [3.8, 4) is 11.8 Å². The van der Waals surface area contributed by atoms with Gasteiger partial charge in [-0.25, -0.2) is 0 Å². The minimum atomic E-state index is 0.419. The van der Waals surface area contributed by atoms with Crippen molar-refractivity contribution in [3.05, 3.63) is 21.9 Å². The second kappa shape index (κ2) is 7.49. The van der Waals surface area contributed by atoms with Crippen LogP contribution in [-0.2, 0) is 6.42 Å². The highest BCUT2D eigenvalue weighted by molar-refractivity contribution is 7.10. The Morgan fingerprint density at radius 1 is 1.44 bits per heavy atom. The van der Waals surface area contributed by atoms with Crippen molar-refractivity contribution in [1.82, 2.24) is 5.32 Å². The van der Waals surface area contributed by atoms with Crippen molar-refractivity contribution in [1.29, 1.82) is 0 Å². The van der Waals surface area contributed by atoms with E-state index in [1.807, 2.05) is 18.3 Å². The summed E-state index contributed by atoms with van der Waals surface area (Å²) in [6.07, 6.45) is 3.20. The lowest BCUT2D eigenvalue weighted by Gasteiger charge is -2.16. The molecule has 0 saturated heterocycles. The first-order valence-corrected chi connectivity index (χ1v) is 6.90. The van der Waals surface area contributed by atoms with Crippen LogP contribution in [0.1, 0.15) is 50.1 Å². The molecule has 1 unspecified atom stereocenters. The summed E-state index contributed by atoms with van der Waals surface area (Å²) in [5.41, 5.74) is 1.47. The molecule has 0 fully saturated rings. The Labute approximate surface area is 103 Å². The molecule has 0 bridgehead atoms. The first-order valence-electron chi connectivity index (χ1n) is 6.02. The zero-order chi connectivity index (χ0) is 11.8. The van der Waals surface area contributed by atoms with Gasteiger partial charge in [-0.05, 0) is 43.3 Å². The van der Waals surface area contributed by atoms with E-state index in [1.165, 1.54) is 16.9 Å². The van der Waals surface area contributed by atoms with E-state index >= 15 is 0 Å². The zero-order valence-corrected chi connectivity index (χ0v) is 11.3. The lowest BCUT2D eigenvalue weighted by molar-refractivity contribution is 0.547. The molecule has 0 saturated carbocycles. The van der Waals surface area contributed by atoms with Crippen molar-refractivity contribution in [2.24, 2.45) is 0 Å². The van der Waals surface area contributed by atoms with E-state index in [0.717, 1.165) is 19.4 Å². The van der Waals surface area contributed by atoms with Crippen LogP contribution in [0, 0.1) is 11.8 Å². The Bertz CT molecular complexity index is 356. The molecule has 0 aromatic carbocycles. The molecule has 16 heavy (non-hydrogen) atoms. The fraction of sp³-hybridized carbons (Fsp3) is 0.571. The van der Waals surface area contributed by atoms with Gasteiger partial charge in [-0.2, -0.15) is 0 Å². The summed E-state index contributed by atoms with van der Waals surface area (Å²) < 4.78 is 0. The molecule has 2 heteroatoms. The maximum atomic E-state index is 3.59. The van der Waals surface area contributed by atoms with Crippen LogP contribution in [0.3, 0.4) is 0 Å². The Kier molecular flexibility index (Phi) is 6.22. The van der Waals surface area contributed by atoms with Crippen LogP contribution in [0.15, 0.2) is 11.4 Å². The van der Waals surface area contributed by atoms with Crippen LogP contribution in [0.2, 0.25) is 0 Å². The van der Waals surface area contributed by atoms with Gasteiger partial charge in [-0.3, -0.25) is 0 Å². The van der Waals surface area contributed by atoms with Gasteiger partial charge in [-0.15, -0.1) is 23.2 Å². The highest BCUT2D eigenvalue weighted by Crippen LogP contribution is 2.27. The van der Waals surface area contributed by atoms with Gasteiger partial charge in [0.05, 0.1) is 6.04 Å². The quantitative estimate of drug-likeness (QED) is 0.740. The Balaban J connectivity index is 2.76. The molecule has 0 amide bonds. The molecule has 1 rings (SSSR count). The normalized spacial score (nSPS) is 11.9. The van der Waals surface area contributed by atoms with Gasteiger partial charge in [-0.1, -0.05) is 13.8 Å². The molecule has 1 atom stereocenters. The maximum absolute atomic E-state index is 3.59. The predicted octanol–water partition coefficient (Wildman–Crippen LogP) is 3.76. The molecule has 1 aromatic rings. The number of hydrogen-bond donors (Lipinski definition) is 1. The van der Waals surface area contributed by atoms with Crippen molar-refractivity contribution < 1.29 is 0 Å². The lowest BCUT2D eigenvalue weighted by Crippen LogP contribution is -2.21. The lowest BCUT2D eigenvalue weighted by atomic mass is 10.1. The zero-order valence-electron chi connectivity index (χ0n) is 10.5. The minimum absolute atomic E-state index is 0.419. The second-order valence-electron chi connectivity index (χ2n) is 3.80. The fourth-order valence-corrected chi connectivity index (χ4v) is 2.80. The summed E-state index contributed by atoms with van der Waals surface area (Å²) in [6, 6.07) is 2.65. The molecule has 1 aromatic heterocycles. The van der Waals surface area contributed by atoms with Crippen molar-refractivity contribution >= 4 is 11.3 Å². The molecule has 1 nitrogen and oxygen atoms in total. The van der Waals surface area contributed by atoms with Crippen LogP contribution < -0.4 is 5.32 Å². The Morgan fingerprint density at radius 2 is 2.25 bits per heavy atom. The topological polar surface area (TPSA) is 12.0 Å². The first kappa shape index (κ1) is 13.3. The number of rotatable bonds is 6. The molecule has 1 heterocycles. The Hall–Kier alpha value is -0.780. The minimum Gasteiger partial charge on any atom is -0.308 e. The maximum Gasteiger partial charge on any atom is 0.0528 e. The van der Waals surface area contributed by atoms with Crippen LogP contribution in [0.5, 0.6) is 0 Å². The molecule has 0 aliphatic carbocycles. The van der Waals surface area contributed by atoms with Gasteiger partial charge in [0.25, 0.3) is 0 Å². The van der Waals surface area contributed by atoms with Crippen molar-refractivity contribution in [3.63, 3.8) is 0 Å². The average Bonchev–Trinajstić information content (AvgIpc) is 2.77. The third-order valence-corrected chi connectivity index (χ3v) is 3.67. The monoisotopic (exact) mass is 235 g/mol. The molecule has 0 aliphatic rings. The van der Waals surface area contributed by atoms with E-state index in [4.69, 9.17) is 0 Å². The summed E-state index contributed by atoms with van der Waals surface area (Å²) in [5, 5.41) is 5.78. The number of aryl methyl sites for hydroxylation is 1. The summed E-state index contributed by atoms with van der Waals surface area (Å²) in [4.78, 5) is 1.47. The standard InChI is InChI=1S/C14H21NS/c1-4-7-8-13(15-10-5-2)14-12(6-3)9-11-16-14/h9,11,13,15H,5-6,8,10H2,1-3H3. The number of hydrogen-bond acceptors (Lipinski definition) is 2. The van der Waals surface area contributed by atoms with E-state index in [2.05, 4.69) is 42.5 Å². The van der Waals surface area contributed by atoms with E-state index in [-0.39, 0.29) is 0 Å². The van der Waals surface area contributed by atoms with E-state index < -0.39 is 0 Å². The summed E-state index contributed by atoms with van der Waals surface area (Å²) in [6.45, 7) is 7.39. The molecule has 0 aliphatic heterocycles. The fourth-order valence-electron chi connectivity index (χ4n) is 1.73. The third-order valence-electron chi connectivity index (χ3n) is 2.60. The van der Waals surface area contributed by atoms with Gasteiger partial charge in [0.2, 0.25) is 0 Å². The van der Waals surface area contributed by atoms with Gasteiger partial charge >= 0.3 is 0 Å². The second-order valence-corrected chi connectivity index (χ2v) is 4.75. The van der Waals surface area contributed by atoms with Crippen LogP contribution in [-0.4, -0.2) is 6.54 Å². The van der Waals surface area contributed by atoms with Gasteiger partial charge < -0.3 is 5.32 Å². The van der Waals surface area contributed by atoms with Crippen LogP contribution >= 0.6 is 11.3 Å². The van der Waals surface area contributed by atoms with Crippen LogP contribution in [0.4, 0.5) is 0 Å². The summed E-state index contributed by atoms with van der Waals surface area (Å²) >= 11 is 1.85. The van der Waals surface area contributed by atoms with Gasteiger partial charge in [0.15, 0.2) is 0 Å². The SMILES string of the molecule is CC#CCC(NCCC)c1sccc1CC. The molecule has 0 spiro atoms. The largest absolute Gasteiger partial charge is 0.308 e. The average molecular weight is 235 g/mol. The van der Waals surface area contributed by atoms with Gasteiger partial charge in [0, 0.05) is 11.3 Å². The summed E-state index contributed by atoms with van der Waals surface area (Å²) in [5.74, 6) is 6.18. The predicted molar refractivity (Wildman–Crippen MR) is 72.8 cm³/mol. The molecule has 0 radical (unpaired) electrons. The highest BCUT2D eigenvalue weighted by atomic mass is 32.1. The van der Waals surface area contributed by atoms with E-state index in [1.54, 1.807) is 0 Å².